The zero-order valence-electron chi connectivity index (χ0n) is 44.7. The number of esters is 3. The van der Waals surface area contributed by atoms with Crippen molar-refractivity contribution in [1.29, 1.82) is 0 Å². The largest absolute Gasteiger partial charge is 0.462 e. The highest BCUT2D eigenvalue weighted by Crippen LogP contribution is 2.18. The van der Waals surface area contributed by atoms with Gasteiger partial charge in [-0.3, -0.25) is 14.4 Å². The second kappa shape index (κ2) is 55.7. The van der Waals surface area contributed by atoms with E-state index in [1.807, 2.05) is 0 Å². The van der Waals surface area contributed by atoms with Crippen LogP contribution in [0, 0.1) is 0 Å². The van der Waals surface area contributed by atoms with Gasteiger partial charge in [0.2, 0.25) is 0 Å². The van der Waals surface area contributed by atoms with Gasteiger partial charge in [-0.15, -0.1) is 0 Å². The molecule has 0 radical (unpaired) electrons. The first-order chi connectivity index (χ1) is 32.5. The molecule has 6 nitrogen and oxygen atoms in total. The number of unbranched alkanes of at least 4 members (excludes halogenated alkanes) is 42. The van der Waals surface area contributed by atoms with Crippen LogP contribution in [0.4, 0.5) is 0 Å². The molecule has 0 aromatic heterocycles. The third-order valence-electron chi connectivity index (χ3n) is 13.5. The molecule has 0 aromatic rings. The van der Waals surface area contributed by atoms with Gasteiger partial charge in [-0.25, -0.2) is 0 Å². The average Bonchev–Trinajstić information content (AvgIpc) is 3.31. The van der Waals surface area contributed by atoms with Gasteiger partial charge in [0.05, 0.1) is 0 Å². The summed E-state index contributed by atoms with van der Waals surface area (Å²) in [4.78, 5) is 38.0. The maximum absolute atomic E-state index is 12.8. The van der Waals surface area contributed by atoms with Crippen LogP contribution >= 0.6 is 0 Å². The summed E-state index contributed by atoms with van der Waals surface area (Å²) >= 11 is 0. The summed E-state index contributed by atoms with van der Waals surface area (Å²) in [6, 6.07) is 0. The number of ether oxygens (including phenoxy) is 3. The van der Waals surface area contributed by atoms with E-state index >= 15 is 0 Å². The molecule has 0 fully saturated rings. The number of allylic oxidation sites excluding steroid dienone is 2. The van der Waals surface area contributed by atoms with Crippen molar-refractivity contribution in [2.45, 2.75) is 341 Å². The van der Waals surface area contributed by atoms with Crippen molar-refractivity contribution >= 4 is 17.9 Å². The smallest absolute Gasteiger partial charge is 0.306 e. The Morgan fingerprint density at radius 1 is 0.288 bits per heavy atom. The lowest BCUT2D eigenvalue weighted by atomic mass is 10.0. The van der Waals surface area contributed by atoms with Crippen molar-refractivity contribution in [3.05, 3.63) is 12.2 Å². The summed E-state index contributed by atoms with van der Waals surface area (Å²) in [5, 5.41) is 0. The van der Waals surface area contributed by atoms with Crippen LogP contribution in [0.3, 0.4) is 0 Å². The van der Waals surface area contributed by atoms with Crippen molar-refractivity contribution in [2.75, 3.05) is 13.2 Å². The van der Waals surface area contributed by atoms with E-state index in [2.05, 4.69) is 32.9 Å². The standard InChI is InChI=1S/C60H114O6/c1-4-7-10-13-16-19-22-24-25-26-27-28-29-30-31-32-33-34-35-36-37-39-41-44-47-50-53-59(62)65-56-57(55-64-58(61)52-49-46-43-40-21-18-15-12-9-6-3)66-60(63)54-51-48-45-42-38-23-20-17-14-11-8-5-2/h17,20,57H,4-16,18-19,21-56H2,1-3H3/b20-17-. The first kappa shape index (κ1) is 64.2. The number of carbonyl (C=O) groups is 3. The van der Waals surface area contributed by atoms with Gasteiger partial charge in [-0.1, -0.05) is 283 Å². The first-order valence-corrected chi connectivity index (χ1v) is 29.7. The SMILES string of the molecule is CCCCC/C=C\CCCCCCCC(=O)OC(COC(=O)CCCCCCCCCCCC)COC(=O)CCCCCCCCCCCCCCCCCCCCCCCCCCCC. The van der Waals surface area contributed by atoms with Gasteiger partial charge < -0.3 is 14.2 Å². The van der Waals surface area contributed by atoms with E-state index in [1.165, 1.54) is 231 Å². The highest BCUT2D eigenvalue weighted by atomic mass is 16.6. The Bertz CT molecular complexity index is 1020. The quantitative estimate of drug-likeness (QED) is 0.0262. The molecule has 0 heterocycles. The monoisotopic (exact) mass is 931 g/mol. The number of hydrogen-bond donors (Lipinski definition) is 0. The van der Waals surface area contributed by atoms with Crippen molar-refractivity contribution in [1.82, 2.24) is 0 Å². The normalized spacial score (nSPS) is 12.0. The summed E-state index contributed by atoms with van der Waals surface area (Å²) < 4.78 is 16.8. The second-order valence-electron chi connectivity index (χ2n) is 20.3. The first-order valence-electron chi connectivity index (χ1n) is 29.7. The van der Waals surface area contributed by atoms with Gasteiger partial charge in [0.25, 0.3) is 0 Å². The minimum Gasteiger partial charge on any atom is -0.462 e. The summed E-state index contributed by atoms with van der Waals surface area (Å²) in [5.41, 5.74) is 0. The molecule has 6 heteroatoms. The van der Waals surface area contributed by atoms with Crippen molar-refractivity contribution < 1.29 is 28.6 Å². The molecule has 0 spiro atoms. The van der Waals surface area contributed by atoms with Crippen LogP contribution in [-0.4, -0.2) is 37.2 Å². The van der Waals surface area contributed by atoms with Crippen LogP contribution in [0.1, 0.15) is 335 Å². The molecular weight excluding hydrogens is 817 g/mol. The third kappa shape index (κ3) is 53.1. The van der Waals surface area contributed by atoms with Crippen molar-refractivity contribution in [2.24, 2.45) is 0 Å². The predicted molar refractivity (Wildman–Crippen MR) is 284 cm³/mol. The fourth-order valence-electron chi connectivity index (χ4n) is 9.03. The number of rotatable bonds is 55. The summed E-state index contributed by atoms with van der Waals surface area (Å²) in [5.74, 6) is -0.858. The molecule has 0 aliphatic rings. The molecular formula is C60H114O6. The Morgan fingerprint density at radius 3 is 0.788 bits per heavy atom. The Hall–Kier alpha value is -1.85. The lowest BCUT2D eigenvalue weighted by Crippen LogP contribution is -2.30. The Kier molecular flexibility index (Phi) is 54.2. The van der Waals surface area contributed by atoms with E-state index in [4.69, 9.17) is 14.2 Å². The van der Waals surface area contributed by atoms with Crippen LogP contribution in [0.15, 0.2) is 12.2 Å². The molecule has 0 aliphatic heterocycles. The van der Waals surface area contributed by atoms with Crippen molar-refractivity contribution in [3.8, 4) is 0 Å². The Morgan fingerprint density at radius 2 is 0.500 bits per heavy atom. The molecule has 0 saturated heterocycles. The van der Waals surface area contributed by atoms with Crippen molar-refractivity contribution in [3.63, 3.8) is 0 Å². The number of hydrogen-bond acceptors (Lipinski definition) is 6. The van der Waals surface area contributed by atoms with E-state index in [1.54, 1.807) is 0 Å². The van der Waals surface area contributed by atoms with Gasteiger partial charge in [-0.05, 0) is 44.9 Å². The molecule has 0 rings (SSSR count). The van der Waals surface area contributed by atoms with E-state index < -0.39 is 6.10 Å². The lowest BCUT2D eigenvalue weighted by Gasteiger charge is -2.18. The van der Waals surface area contributed by atoms with Gasteiger partial charge in [0.15, 0.2) is 6.10 Å². The maximum Gasteiger partial charge on any atom is 0.306 e. The molecule has 390 valence electrons. The van der Waals surface area contributed by atoms with Crippen LogP contribution in [0.2, 0.25) is 0 Å². The van der Waals surface area contributed by atoms with Gasteiger partial charge in [0.1, 0.15) is 13.2 Å². The molecule has 1 unspecified atom stereocenters. The molecule has 0 aromatic carbocycles. The summed E-state index contributed by atoms with van der Waals surface area (Å²) in [6.07, 6.45) is 63.7. The topological polar surface area (TPSA) is 78.9 Å². The summed E-state index contributed by atoms with van der Waals surface area (Å²) in [7, 11) is 0. The van der Waals surface area contributed by atoms with Gasteiger partial charge in [0, 0.05) is 19.3 Å². The molecule has 66 heavy (non-hydrogen) atoms. The predicted octanol–water partition coefficient (Wildman–Crippen LogP) is 19.7. The highest BCUT2D eigenvalue weighted by Gasteiger charge is 2.19. The Labute approximate surface area is 411 Å². The van der Waals surface area contributed by atoms with E-state index in [0.717, 1.165) is 64.2 Å². The van der Waals surface area contributed by atoms with E-state index in [9.17, 15) is 14.4 Å². The lowest BCUT2D eigenvalue weighted by molar-refractivity contribution is -0.167. The van der Waals surface area contributed by atoms with Gasteiger partial charge in [-0.2, -0.15) is 0 Å². The fraction of sp³-hybridized carbons (Fsp3) is 0.917. The summed E-state index contributed by atoms with van der Waals surface area (Å²) in [6.45, 7) is 6.65. The number of carbonyl (C=O) groups excluding carboxylic acids is 3. The molecule has 0 amide bonds. The maximum atomic E-state index is 12.8. The minimum absolute atomic E-state index is 0.0679. The zero-order valence-corrected chi connectivity index (χ0v) is 44.7. The molecule has 0 N–H and O–H groups in total. The fourth-order valence-corrected chi connectivity index (χ4v) is 9.03. The third-order valence-corrected chi connectivity index (χ3v) is 13.5. The molecule has 0 saturated carbocycles. The molecule has 1 atom stereocenters. The molecule has 0 bridgehead atoms. The average molecular weight is 932 g/mol. The second-order valence-corrected chi connectivity index (χ2v) is 20.3. The minimum atomic E-state index is -0.767. The Balaban J connectivity index is 4.09. The van der Waals surface area contributed by atoms with Crippen LogP contribution < -0.4 is 0 Å². The van der Waals surface area contributed by atoms with E-state index in [0.29, 0.717) is 19.3 Å². The van der Waals surface area contributed by atoms with E-state index in [-0.39, 0.29) is 31.1 Å². The van der Waals surface area contributed by atoms with Gasteiger partial charge >= 0.3 is 17.9 Å². The van der Waals surface area contributed by atoms with Crippen LogP contribution in [0.25, 0.3) is 0 Å². The van der Waals surface area contributed by atoms with Crippen LogP contribution in [-0.2, 0) is 28.6 Å². The van der Waals surface area contributed by atoms with Crippen LogP contribution in [0.5, 0.6) is 0 Å². The molecule has 0 aliphatic carbocycles. The zero-order chi connectivity index (χ0) is 47.9. The highest BCUT2D eigenvalue weighted by molar-refractivity contribution is 5.71.